The predicted molar refractivity (Wildman–Crippen MR) is 79.4 cm³/mol. The molecule has 2 aromatic rings. The topological polar surface area (TPSA) is 55.1 Å². The Morgan fingerprint density at radius 1 is 1.15 bits per heavy atom. The predicted octanol–water partition coefficient (Wildman–Crippen LogP) is 3.59. The molecule has 3 nitrogen and oxygen atoms in total. The van der Waals surface area contributed by atoms with Gasteiger partial charge in [-0.1, -0.05) is 17.7 Å². The molecule has 0 radical (unpaired) electrons. The second-order valence-electron chi connectivity index (χ2n) is 4.94. The highest BCUT2D eigenvalue weighted by Crippen LogP contribution is 2.20. The number of carbonyl (C=O) groups is 1. The molecule has 0 aromatic heterocycles. The molecule has 104 valence electrons. The Labute approximate surface area is 117 Å². The number of benzene rings is 2. The fourth-order valence-corrected chi connectivity index (χ4v) is 1.98. The van der Waals surface area contributed by atoms with E-state index in [1.54, 1.807) is 6.92 Å². The third kappa shape index (κ3) is 2.79. The van der Waals surface area contributed by atoms with Crippen LogP contribution in [0, 0.1) is 26.6 Å². The second kappa shape index (κ2) is 5.33. The molecule has 0 spiro atoms. The van der Waals surface area contributed by atoms with Gasteiger partial charge < -0.3 is 11.1 Å². The van der Waals surface area contributed by atoms with E-state index >= 15 is 0 Å². The zero-order valence-corrected chi connectivity index (χ0v) is 11.8. The van der Waals surface area contributed by atoms with E-state index in [0.29, 0.717) is 11.3 Å². The summed E-state index contributed by atoms with van der Waals surface area (Å²) in [7, 11) is 0. The molecule has 0 saturated heterocycles. The van der Waals surface area contributed by atoms with Gasteiger partial charge in [0, 0.05) is 22.5 Å². The van der Waals surface area contributed by atoms with Gasteiger partial charge in [0.1, 0.15) is 5.82 Å². The minimum atomic E-state index is -0.476. The summed E-state index contributed by atoms with van der Waals surface area (Å²) >= 11 is 0. The second-order valence-corrected chi connectivity index (χ2v) is 4.94. The van der Waals surface area contributed by atoms with Crippen LogP contribution in [0.5, 0.6) is 0 Å². The normalized spacial score (nSPS) is 10.4. The van der Waals surface area contributed by atoms with Crippen molar-refractivity contribution < 1.29 is 9.18 Å². The number of aryl methyl sites for hydroxylation is 2. The first kappa shape index (κ1) is 14.1. The van der Waals surface area contributed by atoms with Crippen LogP contribution in [-0.2, 0) is 0 Å². The SMILES string of the molecule is Cc1ccc(NC(=O)c2cc(N)c(C)c(F)c2)c(C)c1. The molecular weight excluding hydrogens is 255 g/mol. The van der Waals surface area contributed by atoms with Crippen LogP contribution in [0.4, 0.5) is 15.8 Å². The van der Waals surface area contributed by atoms with Gasteiger partial charge in [0.25, 0.3) is 5.91 Å². The lowest BCUT2D eigenvalue weighted by atomic mass is 10.1. The molecular formula is C16H17FN2O. The van der Waals surface area contributed by atoms with Crippen molar-refractivity contribution in [3.8, 4) is 0 Å². The zero-order chi connectivity index (χ0) is 14.9. The van der Waals surface area contributed by atoms with Crippen molar-refractivity contribution in [1.82, 2.24) is 0 Å². The number of hydrogen-bond acceptors (Lipinski definition) is 2. The zero-order valence-electron chi connectivity index (χ0n) is 11.8. The summed E-state index contributed by atoms with van der Waals surface area (Å²) < 4.78 is 13.6. The number of nitrogens with two attached hydrogens (primary N) is 1. The number of anilines is 2. The molecule has 1 amide bonds. The Bertz CT molecular complexity index is 657. The number of rotatable bonds is 2. The standard InChI is InChI=1S/C16H17FN2O/c1-9-4-5-15(10(2)6-9)19-16(20)12-7-13(17)11(3)14(18)8-12/h4-8H,18H2,1-3H3,(H,19,20). The van der Waals surface area contributed by atoms with Crippen LogP contribution in [0.25, 0.3) is 0 Å². The van der Waals surface area contributed by atoms with Gasteiger partial charge in [-0.15, -0.1) is 0 Å². The summed E-state index contributed by atoms with van der Waals surface area (Å²) in [6, 6.07) is 8.39. The van der Waals surface area contributed by atoms with Gasteiger partial charge in [-0.3, -0.25) is 4.79 Å². The van der Waals surface area contributed by atoms with E-state index in [4.69, 9.17) is 5.73 Å². The average Bonchev–Trinajstić information content (AvgIpc) is 2.38. The maximum atomic E-state index is 13.6. The monoisotopic (exact) mass is 272 g/mol. The lowest BCUT2D eigenvalue weighted by Crippen LogP contribution is -2.14. The lowest BCUT2D eigenvalue weighted by Gasteiger charge is -2.10. The molecule has 0 bridgehead atoms. The number of nitrogens with one attached hydrogen (secondary N) is 1. The summed E-state index contributed by atoms with van der Waals surface area (Å²) in [5.74, 6) is -0.849. The third-order valence-corrected chi connectivity index (χ3v) is 3.28. The van der Waals surface area contributed by atoms with Gasteiger partial charge in [0.15, 0.2) is 0 Å². The van der Waals surface area contributed by atoms with Crippen molar-refractivity contribution >= 4 is 17.3 Å². The highest BCUT2D eigenvalue weighted by Gasteiger charge is 2.12. The van der Waals surface area contributed by atoms with Crippen LogP contribution in [0.2, 0.25) is 0 Å². The van der Waals surface area contributed by atoms with Gasteiger partial charge in [0.05, 0.1) is 0 Å². The van der Waals surface area contributed by atoms with Gasteiger partial charge in [-0.2, -0.15) is 0 Å². The summed E-state index contributed by atoms with van der Waals surface area (Å²) in [6.45, 7) is 5.47. The summed E-state index contributed by atoms with van der Waals surface area (Å²) in [5.41, 5.74) is 9.31. The molecule has 20 heavy (non-hydrogen) atoms. The van der Waals surface area contributed by atoms with Crippen molar-refractivity contribution in [2.75, 3.05) is 11.1 Å². The molecule has 0 aliphatic carbocycles. The molecule has 0 aliphatic rings. The lowest BCUT2D eigenvalue weighted by molar-refractivity contribution is 0.102. The molecule has 0 aliphatic heterocycles. The van der Waals surface area contributed by atoms with Crippen LogP contribution < -0.4 is 11.1 Å². The Kier molecular flexibility index (Phi) is 3.74. The number of nitrogen functional groups attached to an aromatic ring is 1. The Hall–Kier alpha value is -2.36. The molecule has 0 unspecified atom stereocenters. The third-order valence-electron chi connectivity index (χ3n) is 3.28. The summed E-state index contributed by atoms with van der Waals surface area (Å²) in [4.78, 5) is 12.1. The minimum Gasteiger partial charge on any atom is -0.398 e. The molecule has 3 N–H and O–H groups in total. The first-order chi connectivity index (χ1) is 9.38. The smallest absolute Gasteiger partial charge is 0.255 e. The number of carbonyl (C=O) groups excluding carboxylic acids is 1. The van der Waals surface area contributed by atoms with Gasteiger partial charge in [-0.05, 0) is 44.5 Å². The highest BCUT2D eigenvalue weighted by atomic mass is 19.1. The highest BCUT2D eigenvalue weighted by molar-refractivity contribution is 6.05. The van der Waals surface area contributed by atoms with Crippen molar-refractivity contribution in [2.45, 2.75) is 20.8 Å². The van der Waals surface area contributed by atoms with Crippen molar-refractivity contribution in [2.24, 2.45) is 0 Å². The maximum absolute atomic E-state index is 13.6. The first-order valence-corrected chi connectivity index (χ1v) is 6.32. The van der Waals surface area contributed by atoms with E-state index in [0.717, 1.165) is 11.1 Å². The van der Waals surface area contributed by atoms with Crippen LogP contribution in [0.1, 0.15) is 27.0 Å². The maximum Gasteiger partial charge on any atom is 0.255 e. The van der Waals surface area contributed by atoms with E-state index in [2.05, 4.69) is 5.32 Å². The molecule has 0 atom stereocenters. The van der Waals surface area contributed by atoms with E-state index < -0.39 is 5.82 Å². The molecule has 4 heteroatoms. The number of halogens is 1. The number of amides is 1. The molecule has 2 aromatic carbocycles. The number of hydrogen-bond donors (Lipinski definition) is 2. The van der Waals surface area contributed by atoms with Crippen LogP contribution in [-0.4, -0.2) is 5.91 Å². The fraction of sp³-hybridized carbons (Fsp3) is 0.188. The van der Waals surface area contributed by atoms with E-state index in [1.165, 1.54) is 12.1 Å². The van der Waals surface area contributed by atoms with Crippen LogP contribution in [0.15, 0.2) is 30.3 Å². The first-order valence-electron chi connectivity index (χ1n) is 6.32. The molecule has 0 fully saturated rings. The van der Waals surface area contributed by atoms with Gasteiger partial charge >= 0.3 is 0 Å². The fourth-order valence-electron chi connectivity index (χ4n) is 1.98. The van der Waals surface area contributed by atoms with Crippen LogP contribution in [0.3, 0.4) is 0 Å². The molecule has 2 rings (SSSR count). The van der Waals surface area contributed by atoms with Gasteiger partial charge in [0.2, 0.25) is 0 Å². The summed E-state index contributed by atoms with van der Waals surface area (Å²) in [6.07, 6.45) is 0. The van der Waals surface area contributed by atoms with E-state index in [-0.39, 0.29) is 17.2 Å². The Morgan fingerprint density at radius 2 is 1.85 bits per heavy atom. The average molecular weight is 272 g/mol. The largest absolute Gasteiger partial charge is 0.398 e. The minimum absolute atomic E-state index is 0.213. The van der Waals surface area contributed by atoms with Crippen LogP contribution >= 0.6 is 0 Å². The summed E-state index contributed by atoms with van der Waals surface area (Å²) in [5, 5.41) is 2.77. The van der Waals surface area contributed by atoms with Crippen molar-refractivity contribution in [1.29, 1.82) is 0 Å². The Morgan fingerprint density at radius 3 is 2.45 bits per heavy atom. The molecule has 0 heterocycles. The van der Waals surface area contributed by atoms with E-state index in [1.807, 2.05) is 32.0 Å². The van der Waals surface area contributed by atoms with Gasteiger partial charge in [-0.25, -0.2) is 4.39 Å². The van der Waals surface area contributed by atoms with Crippen molar-refractivity contribution in [3.63, 3.8) is 0 Å². The molecule has 0 saturated carbocycles. The van der Waals surface area contributed by atoms with E-state index in [9.17, 15) is 9.18 Å². The quantitative estimate of drug-likeness (QED) is 0.821. The Balaban J connectivity index is 2.28. The van der Waals surface area contributed by atoms with Crippen molar-refractivity contribution in [3.05, 3.63) is 58.4 Å².